The van der Waals surface area contributed by atoms with Gasteiger partial charge in [0.25, 0.3) is 0 Å². The molecule has 0 saturated carbocycles. The fourth-order valence-corrected chi connectivity index (χ4v) is 5.03. The van der Waals surface area contributed by atoms with E-state index in [0.29, 0.717) is 29.9 Å². The summed E-state index contributed by atoms with van der Waals surface area (Å²) in [5.74, 6) is 1.94. The molecular formula is C25H34N4O3. The molecule has 2 aromatic rings. The SMILES string of the molecule is Cc1cc(NC(=O)CN2CCC([C@H]3CCCCN(CCc4ccccc4)C3=O)CC2)no1. The lowest BCUT2D eigenvalue weighted by atomic mass is 9.81. The summed E-state index contributed by atoms with van der Waals surface area (Å²) >= 11 is 0. The molecule has 3 heterocycles. The van der Waals surface area contributed by atoms with Gasteiger partial charge in [-0.25, -0.2) is 0 Å². The van der Waals surface area contributed by atoms with E-state index in [9.17, 15) is 9.59 Å². The standard InChI is InChI=1S/C25H34N4O3/c1-19-17-23(27-32-19)26-24(30)18-28-14-11-21(12-15-28)22-9-5-6-13-29(25(22)31)16-10-20-7-3-2-4-8-20/h2-4,7-8,17,21-22H,5-6,9-16,18H2,1H3,(H,26,27,30)/t22-/m1/s1. The van der Waals surface area contributed by atoms with E-state index in [1.54, 1.807) is 13.0 Å². The maximum Gasteiger partial charge on any atom is 0.239 e. The molecule has 1 atom stereocenters. The lowest BCUT2D eigenvalue weighted by molar-refractivity contribution is -0.137. The van der Waals surface area contributed by atoms with E-state index in [2.05, 4.69) is 44.5 Å². The number of hydrogen-bond acceptors (Lipinski definition) is 5. The molecule has 0 unspecified atom stereocenters. The largest absolute Gasteiger partial charge is 0.360 e. The Hall–Kier alpha value is -2.67. The quantitative estimate of drug-likeness (QED) is 0.716. The van der Waals surface area contributed by atoms with E-state index < -0.39 is 0 Å². The zero-order valence-corrected chi connectivity index (χ0v) is 19.0. The molecule has 0 spiro atoms. The fourth-order valence-electron chi connectivity index (χ4n) is 5.03. The first-order valence-electron chi connectivity index (χ1n) is 11.9. The third kappa shape index (κ3) is 5.97. The van der Waals surface area contributed by atoms with Crippen molar-refractivity contribution in [3.8, 4) is 0 Å². The molecule has 7 nitrogen and oxygen atoms in total. The van der Waals surface area contributed by atoms with Crippen LogP contribution in [-0.2, 0) is 16.0 Å². The first kappa shape index (κ1) is 22.5. The van der Waals surface area contributed by atoms with Crippen molar-refractivity contribution in [1.82, 2.24) is 15.0 Å². The highest BCUT2D eigenvalue weighted by atomic mass is 16.5. The van der Waals surface area contributed by atoms with Crippen LogP contribution in [0.1, 0.15) is 43.4 Å². The van der Waals surface area contributed by atoms with Crippen LogP contribution in [0.2, 0.25) is 0 Å². The normalized spacial score (nSPS) is 20.8. The minimum Gasteiger partial charge on any atom is -0.360 e. The molecule has 2 fully saturated rings. The number of nitrogens with zero attached hydrogens (tertiary/aromatic N) is 3. The third-order valence-corrected chi connectivity index (χ3v) is 6.80. The van der Waals surface area contributed by atoms with Crippen LogP contribution in [0.15, 0.2) is 40.9 Å². The number of hydrogen-bond donors (Lipinski definition) is 1. The molecular weight excluding hydrogens is 404 g/mol. The number of rotatable bonds is 7. The zero-order valence-electron chi connectivity index (χ0n) is 19.0. The highest BCUT2D eigenvalue weighted by molar-refractivity contribution is 5.91. The van der Waals surface area contributed by atoms with Gasteiger partial charge in [-0.2, -0.15) is 0 Å². The van der Waals surface area contributed by atoms with Gasteiger partial charge in [-0.05, 0) is 63.6 Å². The molecule has 1 aromatic carbocycles. The molecule has 0 bridgehead atoms. The Balaban J connectivity index is 1.26. The number of nitrogens with one attached hydrogen (secondary N) is 1. The molecule has 2 aliphatic rings. The topological polar surface area (TPSA) is 78.7 Å². The predicted octanol–water partition coefficient (Wildman–Crippen LogP) is 3.50. The van der Waals surface area contributed by atoms with Gasteiger partial charge in [-0.3, -0.25) is 14.5 Å². The molecule has 1 N–H and O–H groups in total. The predicted molar refractivity (Wildman–Crippen MR) is 123 cm³/mol. The number of benzene rings is 1. The molecule has 7 heteroatoms. The highest BCUT2D eigenvalue weighted by Gasteiger charge is 2.35. The number of likely N-dealkylation sites (tertiary alicyclic amines) is 2. The first-order valence-corrected chi connectivity index (χ1v) is 11.9. The van der Waals surface area contributed by atoms with Crippen LogP contribution in [0.4, 0.5) is 5.82 Å². The van der Waals surface area contributed by atoms with Crippen molar-refractivity contribution < 1.29 is 14.1 Å². The van der Waals surface area contributed by atoms with Gasteiger partial charge >= 0.3 is 0 Å². The number of aryl methyl sites for hydroxylation is 1. The van der Waals surface area contributed by atoms with E-state index in [-0.39, 0.29) is 11.8 Å². The van der Waals surface area contributed by atoms with Crippen LogP contribution in [0.25, 0.3) is 0 Å². The maximum absolute atomic E-state index is 13.4. The van der Waals surface area contributed by atoms with Crippen LogP contribution >= 0.6 is 0 Å². The van der Waals surface area contributed by atoms with E-state index in [1.165, 1.54) is 5.56 Å². The summed E-state index contributed by atoms with van der Waals surface area (Å²) in [6, 6.07) is 12.1. The van der Waals surface area contributed by atoms with Gasteiger partial charge < -0.3 is 14.7 Å². The number of carbonyl (C=O) groups is 2. The van der Waals surface area contributed by atoms with Crippen LogP contribution in [0, 0.1) is 18.8 Å². The second-order valence-electron chi connectivity index (χ2n) is 9.15. The van der Waals surface area contributed by atoms with Gasteiger partial charge in [-0.1, -0.05) is 41.9 Å². The number of piperidine rings is 1. The van der Waals surface area contributed by atoms with Gasteiger partial charge in [0, 0.05) is 25.1 Å². The molecule has 2 aliphatic heterocycles. The minimum atomic E-state index is -0.0746. The minimum absolute atomic E-state index is 0.0746. The van der Waals surface area contributed by atoms with Gasteiger partial charge in [0.2, 0.25) is 11.8 Å². The Morgan fingerprint density at radius 2 is 1.91 bits per heavy atom. The van der Waals surface area contributed by atoms with Crippen LogP contribution in [-0.4, -0.2) is 59.5 Å². The Kier molecular flexibility index (Phi) is 7.58. The molecule has 0 aliphatic carbocycles. The summed E-state index contributed by atoms with van der Waals surface area (Å²) in [6.07, 6.45) is 6.07. The fraction of sp³-hybridized carbons (Fsp3) is 0.560. The van der Waals surface area contributed by atoms with Gasteiger partial charge in [0.1, 0.15) is 5.76 Å². The number of carbonyl (C=O) groups excluding carboxylic acids is 2. The van der Waals surface area contributed by atoms with Crippen molar-refractivity contribution in [2.24, 2.45) is 11.8 Å². The van der Waals surface area contributed by atoms with Gasteiger partial charge in [-0.15, -0.1) is 0 Å². The van der Waals surface area contributed by atoms with Gasteiger partial charge in [0.15, 0.2) is 5.82 Å². The lowest BCUT2D eigenvalue weighted by Gasteiger charge is -2.36. The van der Waals surface area contributed by atoms with E-state index in [1.807, 2.05) is 6.07 Å². The van der Waals surface area contributed by atoms with E-state index >= 15 is 0 Å². The maximum atomic E-state index is 13.4. The highest BCUT2D eigenvalue weighted by Crippen LogP contribution is 2.32. The Bertz CT molecular complexity index is 890. The van der Waals surface area contributed by atoms with Crippen molar-refractivity contribution in [2.45, 2.75) is 45.4 Å². The van der Waals surface area contributed by atoms with Gasteiger partial charge in [0.05, 0.1) is 6.54 Å². The first-order chi connectivity index (χ1) is 15.6. The molecule has 172 valence electrons. The monoisotopic (exact) mass is 438 g/mol. The number of anilines is 1. The average Bonchev–Trinajstić information content (AvgIpc) is 3.11. The van der Waals surface area contributed by atoms with Crippen molar-refractivity contribution in [2.75, 3.05) is 38.0 Å². The number of aromatic nitrogens is 1. The number of amides is 2. The molecule has 4 rings (SSSR count). The summed E-state index contributed by atoms with van der Waals surface area (Å²) in [5, 5.41) is 6.60. The summed E-state index contributed by atoms with van der Waals surface area (Å²) < 4.78 is 4.99. The van der Waals surface area contributed by atoms with Crippen molar-refractivity contribution in [1.29, 1.82) is 0 Å². The molecule has 1 aromatic heterocycles. The van der Waals surface area contributed by atoms with Crippen molar-refractivity contribution >= 4 is 17.6 Å². The van der Waals surface area contributed by atoms with Crippen LogP contribution in [0.5, 0.6) is 0 Å². The van der Waals surface area contributed by atoms with Crippen molar-refractivity contribution in [3.05, 3.63) is 47.7 Å². The summed E-state index contributed by atoms with van der Waals surface area (Å²) in [5.41, 5.74) is 1.29. The van der Waals surface area contributed by atoms with Crippen LogP contribution < -0.4 is 5.32 Å². The second-order valence-corrected chi connectivity index (χ2v) is 9.15. The average molecular weight is 439 g/mol. The molecule has 0 radical (unpaired) electrons. The Morgan fingerprint density at radius 1 is 1.12 bits per heavy atom. The molecule has 2 amide bonds. The summed E-state index contributed by atoms with van der Waals surface area (Å²) in [4.78, 5) is 29.9. The second kappa shape index (κ2) is 10.8. The summed E-state index contributed by atoms with van der Waals surface area (Å²) in [7, 11) is 0. The molecule has 2 saturated heterocycles. The van der Waals surface area contributed by atoms with Crippen LogP contribution in [0.3, 0.4) is 0 Å². The smallest absolute Gasteiger partial charge is 0.239 e. The Morgan fingerprint density at radius 3 is 2.62 bits per heavy atom. The lowest BCUT2D eigenvalue weighted by Crippen LogP contribution is -2.44. The summed E-state index contributed by atoms with van der Waals surface area (Å²) in [6.45, 7) is 5.53. The van der Waals surface area contributed by atoms with E-state index in [0.717, 1.165) is 64.7 Å². The zero-order chi connectivity index (χ0) is 22.3. The van der Waals surface area contributed by atoms with Crippen molar-refractivity contribution in [3.63, 3.8) is 0 Å². The molecule has 32 heavy (non-hydrogen) atoms. The van der Waals surface area contributed by atoms with E-state index in [4.69, 9.17) is 4.52 Å². The third-order valence-electron chi connectivity index (χ3n) is 6.80. The Labute approximate surface area is 190 Å².